The second kappa shape index (κ2) is 6.62. The Morgan fingerprint density at radius 1 is 1.05 bits per heavy atom. The first kappa shape index (κ1) is 14.6. The molecule has 3 rings (SSSR count). The topological polar surface area (TPSA) is 43.8 Å². The molecule has 1 fully saturated rings. The van der Waals surface area contributed by atoms with Gasteiger partial charge in [-0.15, -0.1) is 0 Å². The van der Waals surface area contributed by atoms with E-state index in [-0.39, 0.29) is 6.54 Å². The van der Waals surface area contributed by atoms with Crippen molar-refractivity contribution in [3.8, 4) is 0 Å². The zero-order valence-electron chi connectivity index (χ0n) is 12.4. The van der Waals surface area contributed by atoms with Crippen LogP contribution < -0.4 is 4.90 Å². The normalized spacial score (nSPS) is 18.3. The van der Waals surface area contributed by atoms with Gasteiger partial charge in [0, 0.05) is 30.5 Å². The molecule has 1 unspecified atom stereocenters. The van der Waals surface area contributed by atoms with E-state index in [9.17, 15) is 4.79 Å². The monoisotopic (exact) mass is 296 g/mol. The summed E-state index contributed by atoms with van der Waals surface area (Å²) in [4.78, 5) is 15.2. The molecule has 2 aromatic carbocycles. The first-order chi connectivity index (χ1) is 10.7. The number of carbonyl (C=O) groups is 1. The average Bonchev–Trinajstić information content (AvgIpc) is 2.97. The van der Waals surface area contributed by atoms with Gasteiger partial charge in [0.05, 0.1) is 6.54 Å². The van der Waals surface area contributed by atoms with Gasteiger partial charge in [-0.2, -0.15) is 0 Å². The quantitative estimate of drug-likeness (QED) is 0.921. The van der Waals surface area contributed by atoms with E-state index in [1.54, 1.807) is 0 Å². The van der Waals surface area contributed by atoms with Crippen LogP contribution in [-0.4, -0.2) is 41.7 Å². The number of carboxylic acids is 1. The van der Waals surface area contributed by atoms with Crippen LogP contribution in [0.2, 0.25) is 0 Å². The minimum atomic E-state index is -0.758. The van der Waals surface area contributed by atoms with Gasteiger partial charge in [-0.3, -0.25) is 9.69 Å². The van der Waals surface area contributed by atoms with Crippen molar-refractivity contribution in [2.45, 2.75) is 12.5 Å². The van der Waals surface area contributed by atoms with Crippen LogP contribution >= 0.6 is 0 Å². The first-order valence-corrected chi connectivity index (χ1v) is 7.57. The van der Waals surface area contributed by atoms with E-state index in [1.165, 1.54) is 0 Å². The number of hydrogen-bond acceptors (Lipinski definition) is 3. The number of nitrogens with zero attached hydrogens (tertiary/aromatic N) is 2. The summed E-state index contributed by atoms with van der Waals surface area (Å²) in [5.41, 5.74) is 2.30. The van der Waals surface area contributed by atoms with E-state index in [1.807, 2.05) is 41.3 Å². The Morgan fingerprint density at radius 2 is 1.59 bits per heavy atom. The molecule has 1 aliphatic rings. The largest absolute Gasteiger partial charge is 0.480 e. The molecule has 0 saturated carbocycles. The molecule has 22 heavy (non-hydrogen) atoms. The Kier molecular flexibility index (Phi) is 4.39. The van der Waals surface area contributed by atoms with Gasteiger partial charge in [0.15, 0.2) is 0 Å². The summed E-state index contributed by atoms with van der Waals surface area (Å²) in [5, 5.41) is 8.98. The Morgan fingerprint density at radius 3 is 2.09 bits per heavy atom. The molecule has 1 heterocycles. The molecule has 1 saturated heterocycles. The molecule has 114 valence electrons. The highest BCUT2D eigenvalue weighted by Gasteiger charge is 2.29. The van der Waals surface area contributed by atoms with Gasteiger partial charge in [-0.1, -0.05) is 36.4 Å². The van der Waals surface area contributed by atoms with E-state index in [0.717, 1.165) is 30.9 Å². The van der Waals surface area contributed by atoms with Crippen LogP contribution in [0.5, 0.6) is 0 Å². The highest BCUT2D eigenvalue weighted by atomic mass is 16.4. The SMILES string of the molecule is O=C(O)CN1CCC(N(c2ccccc2)c2ccccc2)C1. The van der Waals surface area contributed by atoms with Crippen LogP contribution in [0.4, 0.5) is 11.4 Å². The Bertz CT molecular complexity index is 576. The van der Waals surface area contributed by atoms with Crippen molar-refractivity contribution >= 4 is 17.3 Å². The molecule has 4 nitrogen and oxygen atoms in total. The zero-order valence-corrected chi connectivity index (χ0v) is 12.4. The molecule has 1 N–H and O–H groups in total. The third-order valence-corrected chi connectivity index (χ3v) is 4.04. The maximum Gasteiger partial charge on any atom is 0.317 e. The summed E-state index contributed by atoms with van der Waals surface area (Å²) in [5.74, 6) is -0.758. The zero-order chi connectivity index (χ0) is 15.4. The van der Waals surface area contributed by atoms with Crippen LogP contribution in [0.25, 0.3) is 0 Å². The van der Waals surface area contributed by atoms with Crippen LogP contribution in [-0.2, 0) is 4.79 Å². The lowest BCUT2D eigenvalue weighted by Gasteiger charge is -2.31. The maximum absolute atomic E-state index is 10.9. The van der Waals surface area contributed by atoms with Crippen molar-refractivity contribution in [3.63, 3.8) is 0 Å². The van der Waals surface area contributed by atoms with Gasteiger partial charge in [-0.25, -0.2) is 0 Å². The molecule has 1 aliphatic heterocycles. The Balaban J connectivity index is 1.86. The Hall–Kier alpha value is -2.33. The minimum absolute atomic E-state index is 0.119. The summed E-state index contributed by atoms with van der Waals surface area (Å²) >= 11 is 0. The molecule has 0 spiro atoms. The molecule has 2 aromatic rings. The summed E-state index contributed by atoms with van der Waals surface area (Å²) in [6.45, 7) is 1.72. The van der Waals surface area contributed by atoms with Crippen LogP contribution in [0, 0.1) is 0 Å². The summed E-state index contributed by atoms with van der Waals surface area (Å²) in [6.07, 6.45) is 0.969. The molecule has 0 amide bonds. The first-order valence-electron chi connectivity index (χ1n) is 7.57. The van der Waals surface area contributed by atoms with Crippen molar-refractivity contribution < 1.29 is 9.90 Å². The lowest BCUT2D eigenvalue weighted by Crippen LogP contribution is -2.35. The predicted molar refractivity (Wildman–Crippen MR) is 87.5 cm³/mol. The van der Waals surface area contributed by atoms with Gasteiger partial charge in [0.1, 0.15) is 0 Å². The number of anilines is 2. The molecule has 4 heteroatoms. The van der Waals surface area contributed by atoms with E-state index in [2.05, 4.69) is 29.2 Å². The number of aliphatic carboxylic acids is 1. The highest BCUT2D eigenvalue weighted by Crippen LogP contribution is 2.31. The van der Waals surface area contributed by atoms with Crippen molar-refractivity contribution in [1.29, 1.82) is 0 Å². The number of hydrogen-bond donors (Lipinski definition) is 1. The van der Waals surface area contributed by atoms with Gasteiger partial charge in [0.2, 0.25) is 0 Å². The second-order valence-electron chi connectivity index (χ2n) is 5.61. The molecule has 0 aromatic heterocycles. The van der Waals surface area contributed by atoms with Crippen molar-refractivity contribution in [1.82, 2.24) is 4.90 Å². The predicted octanol–water partition coefficient (Wildman–Crippen LogP) is 2.98. The number of likely N-dealkylation sites (tertiary alicyclic amines) is 1. The van der Waals surface area contributed by atoms with E-state index < -0.39 is 5.97 Å². The Labute approximate surface area is 130 Å². The third-order valence-electron chi connectivity index (χ3n) is 4.04. The lowest BCUT2D eigenvalue weighted by molar-refractivity contribution is -0.138. The standard InChI is InChI=1S/C18H20N2O2/c21-18(22)14-19-12-11-17(13-19)20(15-7-3-1-4-8-15)16-9-5-2-6-10-16/h1-10,17H,11-14H2,(H,21,22). The van der Waals surface area contributed by atoms with Gasteiger partial charge >= 0.3 is 5.97 Å². The maximum atomic E-state index is 10.9. The van der Waals surface area contributed by atoms with E-state index in [4.69, 9.17) is 5.11 Å². The van der Waals surface area contributed by atoms with Crippen LogP contribution in [0.15, 0.2) is 60.7 Å². The van der Waals surface area contributed by atoms with Crippen molar-refractivity contribution in [2.24, 2.45) is 0 Å². The number of rotatable bonds is 5. The van der Waals surface area contributed by atoms with Gasteiger partial charge in [0.25, 0.3) is 0 Å². The van der Waals surface area contributed by atoms with E-state index in [0.29, 0.717) is 6.04 Å². The van der Waals surface area contributed by atoms with Gasteiger partial charge in [-0.05, 0) is 30.7 Å². The smallest absolute Gasteiger partial charge is 0.317 e. The number of benzene rings is 2. The average molecular weight is 296 g/mol. The van der Waals surface area contributed by atoms with Gasteiger partial charge < -0.3 is 10.0 Å². The molecule has 0 bridgehead atoms. The number of carboxylic acid groups (broad SMARTS) is 1. The fraction of sp³-hybridized carbons (Fsp3) is 0.278. The van der Waals surface area contributed by atoms with Crippen molar-refractivity contribution in [3.05, 3.63) is 60.7 Å². The van der Waals surface area contributed by atoms with Crippen LogP contribution in [0.3, 0.4) is 0 Å². The lowest BCUT2D eigenvalue weighted by atomic mass is 10.1. The fourth-order valence-corrected chi connectivity index (χ4v) is 3.11. The summed E-state index contributed by atoms with van der Waals surface area (Å²) in [7, 11) is 0. The summed E-state index contributed by atoms with van der Waals surface area (Å²) in [6, 6.07) is 20.9. The molecule has 1 atom stereocenters. The minimum Gasteiger partial charge on any atom is -0.480 e. The van der Waals surface area contributed by atoms with Crippen molar-refractivity contribution in [2.75, 3.05) is 24.5 Å². The molecular weight excluding hydrogens is 276 g/mol. The van der Waals surface area contributed by atoms with Crippen LogP contribution in [0.1, 0.15) is 6.42 Å². The molecule has 0 aliphatic carbocycles. The molecular formula is C18H20N2O2. The van der Waals surface area contributed by atoms with E-state index >= 15 is 0 Å². The third kappa shape index (κ3) is 3.28. The highest BCUT2D eigenvalue weighted by molar-refractivity contribution is 5.69. The summed E-state index contributed by atoms with van der Waals surface area (Å²) < 4.78 is 0. The molecule has 0 radical (unpaired) electrons. The fourth-order valence-electron chi connectivity index (χ4n) is 3.11. The number of para-hydroxylation sites is 2. The second-order valence-corrected chi connectivity index (χ2v) is 5.61.